The number of nitrogens with one attached hydrogen (secondary N) is 2. The van der Waals surface area contributed by atoms with Crippen LogP contribution < -0.4 is 10.3 Å². The minimum Gasteiger partial charge on any atom is -0.451 e. The first kappa shape index (κ1) is 26.0. The number of benzene rings is 2. The van der Waals surface area contributed by atoms with E-state index in [0.29, 0.717) is 0 Å². The van der Waals surface area contributed by atoms with Gasteiger partial charge in [0, 0.05) is 33.8 Å². The maximum absolute atomic E-state index is 14.7. The second-order valence-corrected chi connectivity index (χ2v) is 10.0. The maximum Gasteiger partial charge on any atom is 0.416 e. The predicted molar refractivity (Wildman–Crippen MR) is 132 cm³/mol. The van der Waals surface area contributed by atoms with Crippen LogP contribution >= 0.6 is 0 Å². The average Bonchev–Trinajstić information content (AvgIpc) is 3.53. The summed E-state index contributed by atoms with van der Waals surface area (Å²) in [6.07, 6.45) is -2.41. The number of furan rings is 1. The van der Waals surface area contributed by atoms with E-state index in [9.17, 15) is 35.6 Å². The van der Waals surface area contributed by atoms with E-state index >= 15 is 0 Å². The molecule has 5 rings (SSSR count). The summed E-state index contributed by atoms with van der Waals surface area (Å²) in [5.74, 6) is -1.94. The van der Waals surface area contributed by atoms with Gasteiger partial charge in [-0.25, -0.2) is 9.11 Å². The first-order valence-corrected chi connectivity index (χ1v) is 12.7. The fourth-order valence-corrected chi connectivity index (χ4v) is 5.14. The number of sulfonamides is 1. The number of alkyl halides is 3. The van der Waals surface area contributed by atoms with Crippen molar-refractivity contribution in [3.8, 4) is 11.1 Å². The molecule has 8 nitrogen and oxygen atoms in total. The summed E-state index contributed by atoms with van der Waals surface area (Å²) >= 11 is 0. The average molecular weight is 559 g/mol. The Morgan fingerprint density at radius 3 is 2.46 bits per heavy atom. The van der Waals surface area contributed by atoms with E-state index in [1.54, 1.807) is 0 Å². The molecule has 3 aromatic heterocycles. The van der Waals surface area contributed by atoms with Crippen LogP contribution in [0.4, 0.5) is 17.6 Å². The number of hydrogen-bond acceptors (Lipinski definition) is 5. The number of hydrogen-bond donors (Lipinski definition) is 2. The molecule has 0 fully saturated rings. The van der Waals surface area contributed by atoms with Crippen molar-refractivity contribution in [2.24, 2.45) is 0 Å². The van der Waals surface area contributed by atoms with Gasteiger partial charge in [0.1, 0.15) is 11.5 Å². The number of nitrogens with zero attached hydrogens (tertiary/aromatic N) is 1. The van der Waals surface area contributed by atoms with Gasteiger partial charge in [0.2, 0.25) is 5.09 Å². The number of H-pyrrole nitrogens is 1. The van der Waals surface area contributed by atoms with Crippen LogP contribution in [-0.2, 0) is 22.7 Å². The molecule has 2 aromatic carbocycles. The first-order valence-electron chi connectivity index (χ1n) is 11.2. The van der Waals surface area contributed by atoms with Gasteiger partial charge in [-0.2, -0.15) is 21.6 Å². The Bertz CT molecular complexity index is 1870. The Balaban J connectivity index is 1.84. The predicted octanol–water partition coefficient (Wildman–Crippen LogP) is 4.91. The Hall–Kier alpha value is -4.65. The highest BCUT2D eigenvalue weighted by atomic mass is 32.2. The van der Waals surface area contributed by atoms with Gasteiger partial charge in [0.05, 0.1) is 18.4 Å². The van der Waals surface area contributed by atoms with Crippen LogP contribution in [0.2, 0.25) is 0 Å². The summed E-state index contributed by atoms with van der Waals surface area (Å²) in [5, 5.41) is -0.760. The van der Waals surface area contributed by atoms with E-state index < -0.39 is 49.8 Å². The van der Waals surface area contributed by atoms with Crippen LogP contribution in [0, 0.1) is 5.82 Å². The van der Waals surface area contributed by atoms with Crippen molar-refractivity contribution in [2.45, 2.75) is 17.8 Å². The van der Waals surface area contributed by atoms with E-state index in [-0.39, 0.29) is 34.1 Å². The van der Waals surface area contributed by atoms with E-state index in [1.165, 1.54) is 47.2 Å². The molecule has 5 aromatic rings. The molecule has 0 unspecified atom stereocenters. The Labute approximate surface area is 217 Å². The fourth-order valence-electron chi connectivity index (χ4n) is 4.26. The summed E-state index contributed by atoms with van der Waals surface area (Å²) in [6.45, 7) is -0.372. The summed E-state index contributed by atoms with van der Waals surface area (Å²) in [7, 11) is -4.56. The summed E-state index contributed by atoms with van der Waals surface area (Å²) in [6, 6.07) is 13.2. The van der Waals surface area contributed by atoms with Crippen LogP contribution in [0.25, 0.3) is 22.0 Å². The van der Waals surface area contributed by atoms with Crippen molar-refractivity contribution in [1.29, 1.82) is 0 Å². The standard InChI is InChI=1S/C26H17F4N3O5S/c27-19-7-2-1-5-15(19)14-33-20-10-9-16(26(28,29)30)13-18(20)22(17-6-3-11-31-24(17)34)23(33)25(35)32-39(36,37)21-8-4-12-38-21/h1-13H,14H2,(H,31,34)(H,32,35). The number of carbonyl (C=O) groups excluding carboxylic acids is 1. The van der Waals surface area contributed by atoms with E-state index in [2.05, 4.69) is 4.98 Å². The summed E-state index contributed by atoms with van der Waals surface area (Å²) in [4.78, 5) is 28.8. The highest BCUT2D eigenvalue weighted by Crippen LogP contribution is 2.38. The number of aromatic amines is 1. The van der Waals surface area contributed by atoms with Crippen LogP contribution in [0.5, 0.6) is 0 Å². The molecular formula is C26H17F4N3O5S. The third-order valence-electron chi connectivity index (χ3n) is 5.97. The second kappa shape index (κ2) is 9.58. The van der Waals surface area contributed by atoms with Gasteiger partial charge in [0.25, 0.3) is 21.5 Å². The van der Waals surface area contributed by atoms with Gasteiger partial charge in [-0.05, 0) is 48.5 Å². The van der Waals surface area contributed by atoms with Gasteiger partial charge in [-0.3, -0.25) is 9.59 Å². The lowest BCUT2D eigenvalue weighted by molar-refractivity contribution is -0.137. The molecule has 0 bridgehead atoms. The molecule has 200 valence electrons. The topological polar surface area (TPSA) is 114 Å². The molecule has 3 heterocycles. The van der Waals surface area contributed by atoms with Gasteiger partial charge >= 0.3 is 6.18 Å². The second-order valence-electron chi connectivity index (χ2n) is 8.41. The van der Waals surface area contributed by atoms with Crippen LogP contribution in [0.3, 0.4) is 0 Å². The molecule has 2 N–H and O–H groups in total. The smallest absolute Gasteiger partial charge is 0.416 e. The number of fused-ring (bicyclic) bond motifs is 1. The molecule has 0 saturated heterocycles. The van der Waals surface area contributed by atoms with Gasteiger partial charge in [0.15, 0.2) is 0 Å². The quantitative estimate of drug-likeness (QED) is 0.287. The number of halogens is 4. The van der Waals surface area contributed by atoms with Crippen molar-refractivity contribution in [2.75, 3.05) is 0 Å². The Morgan fingerprint density at radius 2 is 1.79 bits per heavy atom. The van der Waals surface area contributed by atoms with E-state index in [1.807, 2.05) is 4.72 Å². The molecule has 0 aliphatic heterocycles. The molecule has 13 heteroatoms. The molecule has 0 saturated carbocycles. The van der Waals surface area contributed by atoms with E-state index in [4.69, 9.17) is 4.42 Å². The lowest BCUT2D eigenvalue weighted by Gasteiger charge is -2.13. The minimum atomic E-state index is -4.77. The fraction of sp³-hybridized carbons (Fsp3) is 0.0769. The highest BCUT2D eigenvalue weighted by Gasteiger charge is 2.34. The number of rotatable bonds is 6. The minimum absolute atomic E-state index is 0.0325. The maximum atomic E-state index is 14.7. The zero-order valence-electron chi connectivity index (χ0n) is 19.6. The van der Waals surface area contributed by atoms with Crippen molar-refractivity contribution in [3.63, 3.8) is 0 Å². The summed E-state index contributed by atoms with van der Waals surface area (Å²) in [5.41, 5.74) is -2.66. The SMILES string of the molecule is O=C(NS(=O)(=O)c1ccco1)c1c(-c2ccc[nH]c2=O)c2cc(C(F)(F)F)ccc2n1Cc1ccccc1F. The number of pyridine rings is 1. The number of aromatic nitrogens is 2. The lowest BCUT2D eigenvalue weighted by atomic mass is 10.0. The normalized spacial score (nSPS) is 12.1. The molecule has 0 aliphatic carbocycles. The molecule has 0 radical (unpaired) electrons. The summed E-state index contributed by atoms with van der Waals surface area (Å²) < 4.78 is 89.2. The number of amides is 1. The highest BCUT2D eigenvalue weighted by molar-refractivity contribution is 7.90. The first-order chi connectivity index (χ1) is 18.5. The third-order valence-corrected chi connectivity index (χ3v) is 7.18. The third kappa shape index (κ3) is 4.83. The lowest BCUT2D eigenvalue weighted by Crippen LogP contribution is -2.32. The Kier molecular flexibility index (Phi) is 6.38. The molecule has 39 heavy (non-hydrogen) atoms. The van der Waals surface area contributed by atoms with Crippen LogP contribution in [-0.4, -0.2) is 23.9 Å². The molecule has 1 amide bonds. The van der Waals surface area contributed by atoms with E-state index in [0.717, 1.165) is 36.6 Å². The van der Waals surface area contributed by atoms with Crippen molar-refractivity contribution in [1.82, 2.24) is 14.3 Å². The Morgan fingerprint density at radius 1 is 1.03 bits per heavy atom. The number of carbonyl (C=O) groups is 1. The van der Waals surface area contributed by atoms with Gasteiger partial charge in [-0.15, -0.1) is 0 Å². The monoisotopic (exact) mass is 559 g/mol. The zero-order chi connectivity index (χ0) is 27.9. The van der Waals surface area contributed by atoms with Gasteiger partial charge in [-0.1, -0.05) is 18.2 Å². The largest absolute Gasteiger partial charge is 0.451 e. The van der Waals surface area contributed by atoms with Crippen molar-refractivity contribution in [3.05, 3.63) is 112 Å². The van der Waals surface area contributed by atoms with Crippen LogP contribution in [0.1, 0.15) is 21.6 Å². The van der Waals surface area contributed by atoms with Crippen LogP contribution in [0.15, 0.2) is 93.5 Å². The van der Waals surface area contributed by atoms with Gasteiger partial charge < -0.3 is 14.0 Å². The molecular weight excluding hydrogens is 542 g/mol. The molecule has 0 aliphatic rings. The van der Waals surface area contributed by atoms with Crippen molar-refractivity contribution >= 4 is 26.8 Å². The molecule has 0 atom stereocenters. The zero-order valence-corrected chi connectivity index (χ0v) is 20.4. The molecule has 0 spiro atoms. The van der Waals surface area contributed by atoms with Crippen molar-refractivity contribution < 1.29 is 35.2 Å².